The largest absolute Gasteiger partial charge is 0.437 e. The Kier molecular flexibility index (Phi) is 7.71. The van der Waals surface area contributed by atoms with Crippen LogP contribution in [0.25, 0.3) is 16.3 Å². The number of rotatable bonds is 7. The molecule has 3 heterocycles. The fraction of sp³-hybridized carbons (Fsp3) is 0.276. The molecule has 4 aromatic rings. The molecule has 0 spiro atoms. The molecule has 0 radical (unpaired) electrons. The Morgan fingerprint density at radius 3 is 2.57 bits per heavy atom. The van der Waals surface area contributed by atoms with E-state index in [1.807, 2.05) is 55.6 Å². The Labute approximate surface area is 226 Å². The van der Waals surface area contributed by atoms with E-state index < -0.39 is 0 Å². The molecule has 0 saturated carbocycles. The molecule has 188 valence electrons. The lowest BCUT2D eigenvalue weighted by molar-refractivity contribution is 0.211. The molecule has 2 aromatic carbocycles. The number of thiophene rings is 1. The van der Waals surface area contributed by atoms with Crippen LogP contribution < -0.4 is 10.1 Å². The number of anilines is 1. The summed E-state index contributed by atoms with van der Waals surface area (Å²) >= 11 is 7.60. The fourth-order valence-corrected chi connectivity index (χ4v) is 5.59. The van der Waals surface area contributed by atoms with Crippen LogP contribution in [0.5, 0.6) is 11.6 Å². The Hall–Kier alpha value is -3.44. The maximum atomic E-state index is 8.83. The zero-order valence-electron chi connectivity index (χ0n) is 20.9. The number of nitrogens with one attached hydrogen (secondary N) is 1. The topological polar surface area (TPSA) is 74.1 Å². The normalized spacial score (nSPS) is 14.8. The molecule has 1 fully saturated rings. The molecular weight excluding hydrogens is 502 g/mol. The molecule has 0 unspecified atom stereocenters. The standard InChI is InChI=1S/C29H28ClN5OS/c1-19-16-22(4-3-12-31)17-20(2)26(19)36-28-27-25(11-15-37-27)33-29(34-28)32-24-9-13-35(14-10-24)18-21-5-7-23(30)8-6-21/h3-8,11,15-17,24H,9-10,13-14,18H2,1-2H3,(H,32,33,34)/b4-3+. The van der Waals surface area contributed by atoms with Gasteiger partial charge in [0.25, 0.3) is 0 Å². The van der Waals surface area contributed by atoms with E-state index in [2.05, 4.69) is 22.3 Å². The summed E-state index contributed by atoms with van der Waals surface area (Å²) in [6.07, 6.45) is 5.32. The third-order valence-corrected chi connectivity index (χ3v) is 7.69. The minimum Gasteiger partial charge on any atom is -0.437 e. The fourth-order valence-electron chi connectivity index (χ4n) is 4.71. The van der Waals surface area contributed by atoms with Crippen LogP contribution in [0.15, 0.2) is 53.9 Å². The smallest absolute Gasteiger partial charge is 0.242 e. The number of halogens is 1. The summed E-state index contributed by atoms with van der Waals surface area (Å²) in [6.45, 7) is 6.97. The zero-order chi connectivity index (χ0) is 25.8. The van der Waals surface area contributed by atoms with Gasteiger partial charge in [0.2, 0.25) is 11.8 Å². The van der Waals surface area contributed by atoms with Crippen molar-refractivity contribution in [3.8, 4) is 17.7 Å². The van der Waals surface area contributed by atoms with Crippen LogP contribution in [0.4, 0.5) is 5.95 Å². The first kappa shape index (κ1) is 25.2. The van der Waals surface area contributed by atoms with Gasteiger partial charge in [0, 0.05) is 36.8 Å². The molecule has 1 N–H and O–H groups in total. The van der Waals surface area contributed by atoms with Gasteiger partial charge < -0.3 is 10.1 Å². The van der Waals surface area contributed by atoms with Crippen LogP contribution in [0.2, 0.25) is 5.02 Å². The number of hydrogen-bond acceptors (Lipinski definition) is 7. The lowest BCUT2D eigenvalue weighted by Gasteiger charge is -2.32. The second-order valence-corrected chi connectivity index (χ2v) is 10.7. The minimum absolute atomic E-state index is 0.306. The molecule has 1 aliphatic heterocycles. The molecule has 8 heteroatoms. The molecule has 0 atom stereocenters. The highest BCUT2D eigenvalue weighted by molar-refractivity contribution is 7.17. The summed E-state index contributed by atoms with van der Waals surface area (Å²) in [5, 5.41) is 15.2. The summed E-state index contributed by atoms with van der Waals surface area (Å²) in [7, 11) is 0. The molecule has 2 aromatic heterocycles. The van der Waals surface area contributed by atoms with Gasteiger partial charge in [-0.1, -0.05) is 23.7 Å². The number of ether oxygens (including phenoxy) is 1. The van der Waals surface area contributed by atoms with Crippen LogP contribution in [0, 0.1) is 25.2 Å². The van der Waals surface area contributed by atoms with Gasteiger partial charge in [-0.25, -0.2) is 4.98 Å². The first-order valence-electron chi connectivity index (χ1n) is 12.3. The Bertz CT molecular complexity index is 1440. The lowest BCUT2D eigenvalue weighted by atomic mass is 10.0. The summed E-state index contributed by atoms with van der Waals surface area (Å²) in [4.78, 5) is 12.0. The molecule has 0 amide bonds. The monoisotopic (exact) mass is 529 g/mol. The van der Waals surface area contributed by atoms with Gasteiger partial charge in [-0.15, -0.1) is 11.3 Å². The predicted molar refractivity (Wildman–Crippen MR) is 151 cm³/mol. The molecule has 0 aliphatic carbocycles. The second-order valence-electron chi connectivity index (χ2n) is 9.36. The van der Waals surface area contributed by atoms with Crippen LogP contribution in [0.1, 0.15) is 35.1 Å². The Balaban J connectivity index is 1.29. The lowest BCUT2D eigenvalue weighted by Crippen LogP contribution is -2.38. The van der Waals surface area contributed by atoms with Gasteiger partial charge in [0.1, 0.15) is 10.4 Å². The van der Waals surface area contributed by atoms with Crippen molar-refractivity contribution in [2.24, 2.45) is 0 Å². The van der Waals surface area contributed by atoms with Crippen molar-refractivity contribution in [2.45, 2.75) is 39.3 Å². The van der Waals surface area contributed by atoms with Crippen molar-refractivity contribution in [1.82, 2.24) is 14.9 Å². The summed E-state index contributed by atoms with van der Waals surface area (Å²) in [5.41, 5.74) is 5.11. The quantitative estimate of drug-likeness (QED) is 0.252. The van der Waals surface area contributed by atoms with E-state index in [-0.39, 0.29) is 0 Å². The van der Waals surface area contributed by atoms with E-state index in [4.69, 9.17) is 31.6 Å². The number of aromatic nitrogens is 2. The van der Waals surface area contributed by atoms with Gasteiger partial charge >= 0.3 is 0 Å². The molecule has 5 rings (SSSR count). The van der Waals surface area contributed by atoms with Crippen molar-refractivity contribution in [3.63, 3.8) is 0 Å². The van der Waals surface area contributed by atoms with E-state index >= 15 is 0 Å². The third-order valence-electron chi connectivity index (χ3n) is 6.54. The number of aryl methyl sites for hydroxylation is 2. The van der Waals surface area contributed by atoms with Gasteiger partial charge in [-0.3, -0.25) is 4.90 Å². The predicted octanol–water partition coefficient (Wildman–Crippen LogP) is 7.37. The number of piperidine rings is 1. The van der Waals surface area contributed by atoms with Crippen molar-refractivity contribution >= 4 is 45.2 Å². The minimum atomic E-state index is 0.306. The molecule has 6 nitrogen and oxygen atoms in total. The molecule has 1 aliphatic rings. The van der Waals surface area contributed by atoms with E-state index in [9.17, 15) is 0 Å². The van der Waals surface area contributed by atoms with E-state index in [0.717, 1.165) is 70.2 Å². The summed E-state index contributed by atoms with van der Waals surface area (Å²) in [6, 6.07) is 16.5. The van der Waals surface area contributed by atoms with E-state index in [1.165, 1.54) is 11.6 Å². The molecule has 0 bridgehead atoms. The second kappa shape index (κ2) is 11.3. The van der Waals surface area contributed by atoms with Crippen molar-refractivity contribution in [3.05, 3.63) is 81.2 Å². The van der Waals surface area contributed by atoms with Crippen molar-refractivity contribution in [1.29, 1.82) is 5.26 Å². The van der Waals surface area contributed by atoms with Crippen molar-refractivity contribution < 1.29 is 4.74 Å². The van der Waals surface area contributed by atoms with Gasteiger partial charge in [-0.05, 0) is 90.7 Å². The first-order valence-corrected chi connectivity index (χ1v) is 13.6. The van der Waals surface area contributed by atoms with Gasteiger partial charge in [0.15, 0.2) is 0 Å². The average Bonchev–Trinajstić information content (AvgIpc) is 3.36. The molecule has 37 heavy (non-hydrogen) atoms. The molecule has 1 saturated heterocycles. The highest BCUT2D eigenvalue weighted by atomic mass is 35.5. The highest BCUT2D eigenvalue weighted by Crippen LogP contribution is 2.36. The SMILES string of the molecule is Cc1cc(/C=C/C#N)cc(C)c1Oc1nc(NC2CCN(Cc3ccc(Cl)cc3)CC2)nc2ccsc12. The van der Waals surface area contributed by atoms with Crippen LogP contribution in [0.3, 0.4) is 0 Å². The maximum Gasteiger partial charge on any atom is 0.242 e. The zero-order valence-corrected chi connectivity index (χ0v) is 22.4. The summed E-state index contributed by atoms with van der Waals surface area (Å²) < 4.78 is 7.33. The Morgan fingerprint density at radius 1 is 1.14 bits per heavy atom. The maximum absolute atomic E-state index is 8.83. The molecular formula is C29H28ClN5OS. The van der Waals surface area contributed by atoms with Crippen LogP contribution in [-0.4, -0.2) is 34.0 Å². The number of nitriles is 1. The van der Waals surface area contributed by atoms with E-state index in [0.29, 0.717) is 17.9 Å². The first-order chi connectivity index (χ1) is 18.0. The number of nitrogens with zero attached hydrogens (tertiary/aromatic N) is 4. The highest BCUT2D eigenvalue weighted by Gasteiger charge is 2.21. The third kappa shape index (κ3) is 6.11. The van der Waals surface area contributed by atoms with Crippen molar-refractivity contribution in [2.75, 3.05) is 18.4 Å². The number of fused-ring (bicyclic) bond motifs is 1. The number of likely N-dealkylation sites (tertiary alicyclic amines) is 1. The van der Waals surface area contributed by atoms with E-state index in [1.54, 1.807) is 17.4 Å². The number of allylic oxidation sites excluding steroid dienone is 1. The number of benzene rings is 2. The Morgan fingerprint density at radius 2 is 1.86 bits per heavy atom. The van der Waals surface area contributed by atoms with Gasteiger partial charge in [0.05, 0.1) is 11.6 Å². The van der Waals surface area contributed by atoms with Gasteiger partial charge in [-0.2, -0.15) is 10.2 Å². The van der Waals surface area contributed by atoms with Crippen LogP contribution >= 0.6 is 22.9 Å². The summed E-state index contributed by atoms with van der Waals surface area (Å²) in [5.74, 6) is 1.94. The average molecular weight is 530 g/mol. The van der Waals surface area contributed by atoms with Crippen LogP contribution in [-0.2, 0) is 6.54 Å². The number of hydrogen-bond donors (Lipinski definition) is 1.